The number of phenols is 1. The van der Waals surface area contributed by atoms with Crippen LogP contribution in [0.15, 0.2) is 48.5 Å². The van der Waals surface area contributed by atoms with Gasteiger partial charge in [-0.3, -0.25) is 0 Å². The van der Waals surface area contributed by atoms with Crippen LogP contribution in [0.25, 0.3) is 16.9 Å². The van der Waals surface area contributed by atoms with E-state index in [1.54, 1.807) is 31.4 Å². The molecule has 6 nitrogen and oxygen atoms in total. The van der Waals surface area contributed by atoms with Crippen molar-refractivity contribution in [1.82, 2.24) is 15.0 Å². The highest BCUT2D eigenvalue weighted by atomic mass is 16.5. The molecule has 0 atom stereocenters. The van der Waals surface area contributed by atoms with Gasteiger partial charge in [0.25, 0.3) is 0 Å². The SMILES string of the molecule is COc1ccccc1-c1nnn(-c2cccc(O)c2)c1N. The molecule has 21 heavy (non-hydrogen) atoms. The fourth-order valence-electron chi connectivity index (χ4n) is 2.14. The van der Waals surface area contributed by atoms with Gasteiger partial charge in [0.1, 0.15) is 17.2 Å². The molecule has 0 amide bonds. The van der Waals surface area contributed by atoms with Crippen molar-refractivity contribution in [2.75, 3.05) is 12.8 Å². The third-order valence-corrected chi connectivity index (χ3v) is 3.14. The van der Waals surface area contributed by atoms with Gasteiger partial charge in [0.2, 0.25) is 0 Å². The minimum atomic E-state index is 0.140. The van der Waals surface area contributed by atoms with Crippen LogP contribution in [0.2, 0.25) is 0 Å². The van der Waals surface area contributed by atoms with Crippen LogP contribution in [0.5, 0.6) is 11.5 Å². The zero-order valence-electron chi connectivity index (χ0n) is 11.4. The third kappa shape index (κ3) is 2.27. The van der Waals surface area contributed by atoms with Gasteiger partial charge in [-0.05, 0) is 24.3 Å². The summed E-state index contributed by atoms with van der Waals surface area (Å²) in [6, 6.07) is 14.1. The number of para-hydroxylation sites is 1. The number of nitrogens with two attached hydrogens (primary N) is 1. The molecule has 2 aromatic carbocycles. The first kappa shape index (κ1) is 13.0. The van der Waals surface area contributed by atoms with Gasteiger partial charge in [-0.2, -0.15) is 4.68 Å². The number of benzene rings is 2. The van der Waals surface area contributed by atoms with Crippen molar-refractivity contribution in [2.24, 2.45) is 0 Å². The lowest BCUT2D eigenvalue weighted by Crippen LogP contribution is -2.02. The Bertz CT molecular complexity index is 783. The molecule has 0 bridgehead atoms. The Kier molecular flexibility index (Phi) is 3.19. The number of anilines is 1. The van der Waals surface area contributed by atoms with E-state index in [2.05, 4.69) is 10.3 Å². The quantitative estimate of drug-likeness (QED) is 0.769. The molecule has 0 aliphatic carbocycles. The maximum Gasteiger partial charge on any atom is 0.156 e. The second kappa shape index (κ2) is 5.16. The van der Waals surface area contributed by atoms with Gasteiger partial charge < -0.3 is 15.6 Å². The number of nitrogens with zero attached hydrogens (tertiary/aromatic N) is 3. The second-order valence-electron chi connectivity index (χ2n) is 4.46. The molecule has 0 spiro atoms. The van der Waals surface area contributed by atoms with E-state index in [0.717, 1.165) is 5.56 Å². The van der Waals surface area contributed by atoms with Gasteiger partial charge in [-0.25, -0.2) is 0 Å². The van der Waals surface area contributed by atoms with Crippen LogP contribution in [0, 0.1) is 0 Å². The first-order valence-corrected chi connectivity index (χ1v) is 6.34. The van der Waals surface area contributed by atoms with E-state index < -0.39 is 0 Å². The van der Waals surface area contributed by atoms with E-state index in [4.69, 9.17) is 10.5 Å². The van der Waals surface area contributed by atoms with Gasteiger partial charge in [0, 0.05) is 11.6 Å². The molecule has 1 aromatic heterocycles. The summed E-state index contributed by atoms with van der Waals surface area (Å²) >= 11 is 0. The van der Waals surface area contributed by atoms with E-state index >= 15 is 0 Å². The van der Waals surface area contributed by atoms with Gasteiger partial charge in [-0.1, -0.05) is 23.4 Å². The first-order chi connectivity index (χ1) is 10.2. The molecule has 0 saturated heterocycles. The van der Waals surface area contributed by atoms with Gasteiger partial charge in [0.05, 0.1) is 12.8 Å². The lowest BCUT2D eigenvalue weighted by molar-refractivity contribution is 0.416. The van der Waals surface area contributed by atoms with Crippen LogP contribution in [0.1, 0.15) is 0 Å². The maximum atomic E-state index is 9.55. The van der Waals surface area contributed by atoms with Crippen molar-refractivity contribution in [3.63, 3.8) is 0 Å². The van der Waals surface area contributed by atoms with Crippen molar-refractivity contribution >= 4 is 5.82 Å². The van der Waals surface area contributed by atoms with Crippen molar-refractivity contribution in [3.05, 3.63) is 48.5 Å². The van der Waals surface area contributed by atoms with Crippen LogP contribution in [0.4, 0.5) is 5.82 Å². The zero-order valence-corrected chi connectivity index (χ0v) is 11.4. The number of hydrogen-bond acceptors (Lipinski definition) is 5. The van der Waals surface area contributed by atoms with Crippen molar-refractivity contribution < 1.29 is 9.84 Å². The Labute approximate surface area is 121 Å². The summed E-state index contributed by atoms with van der Waals surface area (Å²) < 4.78 is 6.79. The molecule has 0 unspecified atom stereocenters. The zero-order chi connectivity index (χ0) is 14.8. The van der Waals surface area contributed by atoms with Crippen LogP contribution < -0.4 is 10.5 Å². The van der Waals surface area contributed by atoms with Crippen LogP contribution in [-0.4, -0.2) is 27.2 Å². The molecule has 0 aliphatic rings. The van der Waals surface area contributed by atoms with E-state index in [1.165, 1.54) is 4.68 Å². The van der Waals surface area contributed by atoms with Crippen LogP contribution in [0.3, 0.4) is 0 Å². The lowest BCUT2D eigenvalue weighted by atomic mass is 10.1. The summed E-state index contributed by atoms with van der Waals surface area (Å²) in [6.45, 7) is 0. The summed E-state index contributed by atoms with van der Waals surface area (Å²) in [5.74, 6) is 1.19. The largest absolute Gasteiger partial charge is 0.508 e. The first-order valence-electron chi connectivity index (χ1n) is 6.34. The van der Waals surface area contributed by atoms with Crippen molar-refractivity contribution in [1.29, 1.82) is 0 Å². The summed E-state index contributed by atoms with van der Waals surface area (Å²) in [5, 5.41) is 17.7. The van der Waals surface area contributed by atoms with Crippen molar-refractivity contribution in [3.8, 4) is 28.4 Å². The standard InChI is InChI=1S/C15H14N4O2/c1-21-13-8-3-2-7-12(13)14-15(16)19(18-17-14)10-5-4-6-11(20)9-10/h2-9,20H,16H2,1H3. The summed E-state index contributed by atoms with van der Waals surface area (Å²) in [7, 11) is 1.59. The Morgan fingerprint density at radius 3 is 2.71 bits per heavy atom. The summed E-state index contributed by atoms with van der Waals surface area (Å²) in [6.07, 6.45) is 0. The van der Waals surface area contributed by atoms with Gasteiger partial charge in [-0.15, -0.1) is 5.10 Å². The number of aromatic hydroxyl groups is 1. The molecule has 0 aliphatic heterocycles. The highest BCUT2D eigenvalue weighted by Gasteiger charge is 2.16. The lowest BCUT2D eigenvalue weighted by Gasteiger charge is -2.07. The van der Waals surface area contributed by atoms with Gasteiger partial charge >= 0.3 is 0 Å². The minimum Gasteiger partial charge on any atom is -0.508 e. The van der Waals surface area contributed by atoms with E-state index in [9.17, 15) is 5.11 Å². The fraction of sp³-hybridized carbons (Fsp3) is 0.0667. The van der Waals surface area contributed by atoms with Crippen LogP contribution in [-0.2, 0) is 0 Å². The molecule has 3 N–H and O–H groups in total. The topological polar surface area (TPSA) is 86.2 Å². The second-order valence-corrected chi connectivity index (χ2v) is 4.46. The molecule has 0 fully saturated rings. The maximum absolute atomic E-state index is 9.55. The molecule has 0 radical (unpaired) electrons. The van der Waals surface area contributed by atoms with E-state index in [1.807, 2.05) is 24.3 Å². The molecular formula is C15H14N4O2. The number of nitrogen functional groups attached to an aromatic ring is 1. The molecule has 3 rings (SSSR count). The summed E-state index contributed by atoms with van der Waals surface area (Å²) in [4.78, 5) is 0. The Hall–Kier alpha value is -3.02. The average Bonchev–Trinajstić information content (AvgIpc) is 2.89. The monoisotopic (exact) mass is 282 g/mol. The number of hydrogen-bond donors (Lipinski definition) is 2. The molecule has 3 aromatic rings. The Morgan fingerprint density at radius 2 is 1.95 bits per heavy atom. The van der Waals surface area contributed by atoms with Crippen molar-refractivity contribution in [2.45, 2.75) is 0 Å². The number of rotatable bonds is 3. The smallest absolute Gasteiger partial charge is 0.156 e. The number of ether oxygens (including phenoxy) is 1. The van der Waals surface area contributed by atoms with E-state index in [-0.39, 0.29) is 5.75 Å². The number of aromatic nitrogens is 3. The predicted molar refractivity (Wildman–Crippen MR) is 79.4 cm³/mol. The molecule has 1 heterocycles. The summed E-state index contributed by atoms with van der Waals surface area (Å²) in [5.41, 5.74) is 8.09. The molecule has 6 heteroatoms. The Morgan fingerprint density at radius 1 is 1.14 bits per heavy atom. The van der Waals surface area contributed by atoms with E-state index in [0.29, 0.717) is 22.9 Å². The Balaban J connectivity index is 2.11. The van der Waals surface area contributed by atoms with Gasteiger partial charge in [0.15, 0.2) is 5.82 Å². The minimum absolute atomic E-state index is 0.140. The normalized spacial score (nSPS) is 10.5. The number of methoxy groups -OCH3 is 1. The average molecular weight is 282 g/mol. The highest BCUT2D eigenvalue weighted by Crippen LogP contribution is 2.32. The molecule has 0 saturated carbocycles. The number of phenolic OH excluding ortho intramolecular Hbond substituents is 1. The molecular weight excluding hydrogens is 268 g/mol. The molecule has 106 valence electrons. The highest BCUT2D eigenvalue weighted by molar-refractivity contribution is 5.75. The third-order valence-electron chi connectivity index (χ3n) is 3.14. The fourth-order valence-corrected chi connectivity index (χ4v) is 2.14. The van der Waals surface area contributed by atoms with Crippen LogP contribution >= 0.6 is 0 Å². The predicted octanol–water partition coefficient (Wildman–Crippen LogP) is 2.23.